The van der Waals surface area contributed by atoms with Gasteiger partial charge in [0.2, 0.25) is 10.0 Å². The van der Waals surface area contributed by atoms with Crippen LogP contribution in [0, 0.1) is 0 Å². The van der Waals surface area contributed by atoms with Crippen molar-refractivity contribution < 1.29 is 34.8 Å². The lowest BCUT2D eigenvalue weighted by molar-refractivity contribution is -0.153. The molecule has 3 rings (SSSR count). The monoisotopic (exact) mass is 424 g/mol. The van der Waals surface area contributed by atoms with Gasteiger partial charge in [-0.25, -0.2) is 17.9 Å². The van der Waals surface area contributed by atoms with Gasteiger partial charge in [0.25, 0.3) is 0 Å². The second-order valence-electron chi connectivity index (χ2n) is 5.64. The standard InChI is InChI=1S/C15H10F6N4O2S/c16-14(17,18)10-3-1-9(2-4-10)13(15(19,20)21)24-28(26,27)11-5-6-25-12(7-11)22-8-23-25/h1-8,13,24H/t13-/m1/s1. The molecule has 3 aromatic rings. The smallest absolute Gasteiger partial charge is 0.221 e. The van der Waals surface area contributed by atoms with Crippen LogP contribution in [0.25, 0.3) is 5.65 Å². The van der Waals surface area contributed by atoms with Crippen molar-refractivity contribution >= 4 is 15.7 Å². The Bertz CT molecular complexity index is 1090. The van der Waals surface area contributed by atoms with Crippen LogP contribution < -0.4 is 4.72 Å². The maximum atomic E-state index is 13.4. The fraction of sp³-hybridized carbons (Fsp3) is 0.200. The molecular formula is C15H10F6N4O2S. The summed E-state index contributed by atoms with van der Waals surface area (Å²) in [5, 5.41) is 3.74. The lowest BCUT2D eigenvalue weighted by atomic mass is 10.1. The van der Waals surface area contributed by atoms with E-state index in [9.17, 15) is 34.8 Å². The van der Waals surface area contributed by atoms with Crippen LogP contribution in [-0.2, 0) is 16.2 Å². The van der Waals surface area contributed by atoms with Gasteiger partial charge in [0, 0.05) is 12.3 Å². The van der Waals surface area contributed by atoms with Crippen LogP contribution in [0.1, 0.15) is 17.2 Å². The molecule has 0 saturated carbocycles. The highest BCUT2D eigenvalue weighted by molar-refractivity contribution is 7.89. The van der Waals surface area contributed by atoms with Crippen molar-refractivity contribution in [3.8, 4) is 0 Å². The van der Waals surface area contributed by atoms with Gasteiger partial charge in [-0.15, -0.1) is 0 Å². The minimum Gasteiger partial charge on any atom is -0.221 e. The van der Waals surface area contributed by atoms with Gasteiger partial charge in [-0.05, 0) is 23.8 Å². The molecule has 2 heterocycles. The molecule has 0 bridgehead atoms. The number of hydrogen-bond acceptors (Lipinski definition) is 4. The minimum absolute atomic E-state index is 0.0842. The van der Waals surface area contributed by atoms with E-state index in [2.05, 4.69) is 10.1 Å². The van der Waals surface area contributed by atoms with Gasteiger partial charge in [0.15, 0.2) is 5.65 Å². The molecule has 2 aromatic heterocycles. The molecule has 6 nitrogen and oxygen atoms in total. The van der Waals surface area contributed by atoms with Gasteiger partial charge in [-0.3, -0.25) is 0 Å². The summed E-state index contributed by atoms with van der Waals surface area (Å²) in [5.41, 5.74) is -1.76. The molecule has 0 unspecified atom stereocenters. The van der Waals surface area contributed by atoms with Crippen molar-refractivity contribution in [3.05, 3.63) is 60.0 Å². The summed E-state index contributed by atoms with van der Waals surface area (Å²) in [7, 11) is -4.67. The predicted octanol–water partition coefficient (Wildman–Crippen LogP) is 3.33. The van der Waals surface area contributed by atoms with E-state index in [-0.39, 0.29) is 5.65 Å². The van der Waals surface area contributed by atoms with Crippen LogP contribution in [0.5, 0.6) is 0 Å². The molecule has 0 aliphatic carbocycles. The quantitative estimate of drug-likeness (QED) is 0.652. The fourth-order valence-corrected chi connectivity index (χ4v) is 3.59. The SMILES string of the molecule is O=S(=O)(N[C@H](c1ccc(C(F)(F)F)cc1)C(F)(F)F)c1ccn2ncnc2c1. The number of hydrogen-bond donors (Lipinski definition) is 1. The minimum atomic E-state index is -5.09. The van der Waals surface area contributed by atoms with E-state index >= 15 is 0 Å². The van der Waals surface area contributed by atoms with Crippen molar-refractivity contribution in [1.29, 1.82) is 0 Å². The third-order valence-electron chi connectivity index (χ3n) is 3.73. The van der Waals surface area contributed by atoms with Crippen molar-refractivity contribution in [2.75, 3.05) is 0 Å². The molecule has 0 fully saturated rings. The van der Waals surface area contributed by atoms with E-state index in [1.807, 2.05) is 0 Å². The Kier molecular flexibility index (Phi) is 4.83. The van der Waals surface area contributed by atoms with Gasteiger partial charge in [-0.2, -0.15) is 36.2 Å². The molecule has 28 heavy (non-hydrogen) atoms. The number of pyridine rings is 1. The summed E-state index contributed by atoms with van der Waals surface area (Å²) >= 11 is 0. The van der Waals surface area contributed by atoms with Crippen LogP contribution in [0.2, 0.25) is 0 Å². The number of aromatic nitrogens is 3. The van der Waals surface area contributed by atoms with Crippen LogP contribution >= 0.6 is 0 Å². The Labute approximate surface area is 153 Å². The summed E-state index contributed by atoms with van der Waals surface area (Å²) in [6.45, 7) is 0. The zero-order chi connectivity index (χ0) is 20.7. The van der Waals surface area contributed by atoms with Gasteiger partial charge in [0.1, 0.15) is 12.4 Å². The number of alkyl halides is 6. The summed E-state index contributed by atoms with van der Waals surface area (Å²) in [4.78, 5) is 3.24. The zero-order valence-electron chi connectivity index (χ0n) is 13.5. The molecule has 0 saturated heterocycles. The van der Waals surface area contributed by atoms with E-state index in [1.54, 1.807) is 0 Å². The van der Waals surface area contributed by atoms with Gasteiger partial charge < -0.3 is 0 Å². The number of fused-ring (bicyclic) bond motifs is 1. The van der Waals surface area contributed by atoms with E-state index < -0.39 is 44.4 Å². The lowest BCUT2D eigenvalue weighted by Crippen LogP contribution is -2.38. The number of rotatable bonds is 4. The number of sulfonamides is 1. The summed E-state index contributed by atoms with van der Waals surface area (Å²) in [6.07, 6.45) is -7.51. The van der Waals surface area contributed by atoms with E-state index in [4.69, 9.17) is 0 Å². The number of nitrogens with zero attached hydrogens (tertiary/aromatic N) is 3. The Morgan fingerprint density at radius 1 is 1.00 bits per heavy atom. The Morgan fingerprint density at radius 2 is 1.64 bits per heavy atom. The molecule has 0 aliphatic heterocycles. The highest BCUT2D eigenvalue weighted by Gasteiger charge is 2.44. The molecule has 0 aliphatic rings. The summed E-state index contributed by atoms with van der Waals surface area (Å²) in [6, 6.07) is 1.33. The van der Waals surface area contributed by atoms with Gasteiger partial charge in [0.05, 0.1) is 10.5 Å². The highest BCUT2D eigenvalue weighted by atomic mass is 32.2. The second-order valence-corrected chi connectivity index (χ2v) is 7.35. The molecular weight excluding hydrogens is 414 g/mol. The first-order chi connectivity index (χ1) is 12.9. The van der Waals surface area contributed by atoms with Crippen LogP contribution in [0.3, 0.4) is 0 Å². The largest absolute Gasteiger partial charge is 0.416 e. The normalized spacial score (nSPS) is 14.4. The molecule has 13 heteroatoms. The van der Waals surface area contributed by atoms with Crippen LogP contribution in [0.4, 0.5) is 26.3 Å². The highest BCUT2D eigenvalue weighted by Crippen LogP contribution is 2.36. The van der Waals surface area contributed by atoms with Gasteiger partial charge >= 0.3 is 12.4 Å². The first-order valence-corrected chi connectivity index (χ1v) is 8.92. The average molecular weight is 424 g/mol. The number of nitrogens with one attached hydrogen (secondary N) is 1. The Morgan fingerprint density at radius 3 is 2.21 bits per heavy atom. The van der Waals surface area contributed by atoms with Crippen molar-refractivity contribution in [2.24, 2.45) is 0 Å². The topological polar surface area (TPSA) is 76.4 Å². The third-order valence-corrected chi connectivity index (χ3v) is 5.15. The van der Waals surface area contributed by atoms with E-state index in [0.717, 1.165) is 18.5 Å². The molecule has 1 atom stereocenters. The van der Waals surface area contributed by atoms with E-state index in [0.29, 0.717) is 24.3 Å². The average Bonchev–Trinajstić information content (AvgIpc) is 3.06. The molecule has 1 N–H and O–H groups in total. The lowest BCUT2D eigenvalue weighted by Gasteiger charge is -2.22. The number of benzene rings is 1. The van der Waals surface area contributed by atoms with Crippen molar-refractivity contribution in [2.45, 2.75) is 23.3 Å². The first kappa shape index (κ1) is 20.1. The molecule has 0 spiro atoms. The Hall–Kier alpha value is -2.67. The zero-order valence-corrected chi connectivity index (χ0v) is 14.3. The number of halogens is 6. The maximum Gasteiger partial charge on any atom is 0.416 e. The summed E-state index contributed by atoms with van der Waals surface area (Å²) < 4.78 is 106. The van der Waals surface area contributed by atoms with Gasteiger partial charge in [-0.1, -0.05) is 12.1 Å². The van der Waals surface area contributed by atoms with Crippen LogP contribution in [-0.4, -0.2) is 29.2 Å². The summed E-state index contributed by atoms with van der Waals surface area (Å²) in [5.74, 6) is 0. The molecule has 0 amide bonds. The fourth-order valence-electron chi connectivity index (χ4n) is 2.38. The van der Waals surface area contributed by atoms with Crippen molar-refractivity contribution in [3.63, 3.8) is 0 Å². The molecule has 150 valence electrons. The van der Waals surface area contributed by atoms with E-state index in [1.165, 1.54) is 15.4 Å². The molecule has 0 radical (unpaired) electrons. The predicted molar refractivity (Wildman–Crippen MR) is 83.5 cm³/mol. The van der Waals surface area contributed by atoms with Crippen LogP contribution in [0.15, 0.2) is 53.8 Å². The first-order valence-electron chi connectivity index (χ1n) is 7.43. The molecule has 1 aromatic carbocycles. The second kappa shape index (κ2) is 6.74. The van der Waals surface area contributed by atoms with Crippen molar-refractivity contribution in [1.82, 2.24) is 19.3 Å². The third kappa shape index (κ3) is 4.09. The maximum absolute atomic E-state index is 13.4. The Balaban J connectivity index is 1.96.